The number of rotatable bonds is 4. The lowest BCUT2D eigenvalue weighted by Gasteiger charge is -2.10. The molecule has 0 bridgehead atoms. The molecule has 4 nitrogen and oxygen atoms in total. The number of para-hydroxylation sites is 1. The normalized spacial score (nSPS) is 10.1. The number of benzene rings is 2. The molecule has 0 saturated carbocycles. The van der Waals surface area contributed by atoms with E-state index in [9.17, 15) is 4.79 Å². The van der Waals surface area contributed by atoms with Gasteiger partial charge < -0.3 is 15.8 Å². The molecule has 104 valence electrons. The third-order valence-corrected chi connectivity index (χ3v) is 3.07. The molecule has 0 aliphatic rings. The highest BCUT2D eigenvalue weighted by Crippen LogP contribution is 2.23. The van der Waals surface area contributed by atoms with Crippen LogP contribution in [0, 0.1) is 0 Å². The van der Waals surface area contributed by atoms with Gasteiger partial charge in [0.05, 0.1) is 24.9 Å². The van der Waals surface area contributed by atoms with Crippen LogP contribution in [-0.2, 0) is 11.2 Å². The van der Waals surface area contributed by atoms with Crippen LogP contribution in [0.5, 0.6) is 5.75 Å². The molecule has 2 aromatic rings. The first kappa shape index (κ1) is 14.2. The zero-order valence-corrected chi connectivity index (χ0v) is 11.8. The Bertz CT molecular complexity index is 629. The molecule has 0 heterocycles. The van der Waals surface area contributed by atoms with Crippen molar-refractivity contribution >= 4 is 28.9 Å². The van der Waals surface area contributed by atoms with Gasteiger partial charge in [0.25, 0.3) is 0 Å². The molecular formula is C15H15ClN2O2. The zero-order chi connectivity index (χ0) is 14.5. The van der Waals surface area contributed by atoms with Crippen molar-refractivity contribution in [3.05, 3.63) is 53.1 Å². The van der Waals surface area contributed by atoms with E-state index in [2.05, 4.69) is 5.32 Å². The quantitative estimate of drug-likeness (QED) is 0.850. The summed E-state index contributed by atoms with van der Waals surface area (Å²) in [6.45, 7) is 0. The number of amides is 1. The summed E-state index contributed by atoms with van der Waals surface area (Å²) in [6.07, 6.45) is 0.214. The third-order valence-electron chi connectivity index (χ3n) is 2.83. The van der Waals surface area contributed by atoms with E-state index >= 15 is 0 Å². The minimum absolute atomic E-state index is 0.163. The molecular weight excluding hydrogens is 276 g/mol. The van der Waals surface area contributed by atoms with Crippen molar-refractivity contribution in [3.8, 4) is 5.75 Å². The molecule has 0 aliphatic heterocycles. The zero-order valence-electron chi connectivity index (χ0n) is 11.0. The van der Waals surface area contributed by atoms with E-state index in [0.29, 0.717) is 22.1 Å². The maximum Gasteiger partial charge on any atom is 0.228 e. The first-order chi connectivity index (χ1) is 9.60. The summed E-state index contributed by atoms with van der Waals surface area (Å²) in [5, 5.41) is 3.29. The first-order valence-electron chi connectivity index (χ1n) is 6.07. The average molecular weight is 291 g/mol. The van der Waals surface area contributed by atoms with Gasteiger partial charge in [-0.15, -0.1) is 0 Å². The molecule has 1 amide bonds. The lowest BCUT2D eigenvalue weighted by Crippen LogP contribution is -2.15. The number of hydrogen-bond donors (Lipinski definition) is 2. The number of carbonyl (C=O) groups excluding carboxylic acids is 1. The Morgan fingerprint density at radius 2 is 2.05 bits per heavy atom. The van der Waals surface area contributed by atoms with Crippen LogP contribution in [0.2, 0.25) is 5.02 Å². The van der Waals surface area contributed by atoms with Gasteiger partial charge >= 0.3 is 0 Å². The van der Waals surface area contributed by atoms with Crippen LogP contribution in [0.3, 0.4) is 0 Å². The van der Waals surface area contributed by atoms with Gasteiger partial charge in [-0.05, 0) is 24.3 Å². The number of anilines is 2. The number of hydrogen-bond acceptors (Lipinski definition) is 3. The number of nitrogens with two attached hydrogens (primary N) is 1. The average Bonchev–Trinajstić information content (AvgIpc) is 2.42. The minimum atomic E-state index is -0.163. The van der Waals surface area contributed by atoms with Crippen LogP contribution in [0.4, 0.5) is 11.4 Å². The Morgan fingerprint density at radius 1 is 1.30 bits per heavy atom. The van der Waals surface area contributed by atoms with Crippen molar-refractivity contribution in [3.63, 3.8) is 0 Å². The lowest BCUT2D eigenvalue weighted by atomic mass is 10.1. The number of halogens is 1. The molecule has 0 fully saturated rings. The minimum Gasteiger partial charge on any atom is -0.496 e. The molecule has 0 saturated heterocycles. The number of ether oxygens (including phenoxy) is 1. The van der Waals surface area contributed by atoms with E-state index in [-0.39, 0.29) is 12.3 Å². The smallest absolute Gasteiger partial charge is 0.228 e. The molecule has 2 aromatic carbocycles. The topological polar surface area (TPSA) is 64.3 Å². The summed E-state index contributed by atoms with van der Waals surface area (Å²) < 4.78 is 5.21. The first-order valence-corrected chi connectivity index (χ1v) is 6.44. The van der Waals surface area contributed by atoms with Crippen molar-refractivity contribution in [2.75, 3.05) is 18.2 Å². The van der Waals surface area contributed by atoms with Gasteiger partial charge in [-0.2, -0.15) is 0 Å². The van der Waals surface area contributed by atoms with Gasteiger partial charge in [0.15, 0.2) is 0 Å². The molecule has 0 aliphatic carbocycles. The van der Waals surface area contributed by atoms with Gasteiger partial charge in [-0.3, -0.25) is 4.79 Å². The summed E-state index contributed by atoms with van der Waals surface area (Å²) in [7, 11) is 1.58. The lowest BCUT2D eigenvalue weighted by molar-refractivity contribution is -0.115. The number of nitrogen functional groups attached to an aromatic ring is 1. The summed E-state index contributed by atoms with van der Waals surface area (Å²) in [5.74, 6) is 0.523. The fourth-order valence-electron chi connectivity index (χ4n) is 1.86. The van der Waals surface area contributed by atoms with E-state index in [0.717, 1.165) is 5.56 Å². The predicted octanol–water partition coefficient (Wildman–Crippen LogP) is 3.11. The predicted molar refractivity (Wildman–Crippen MR) is 81.2 cm³/mol. The van der Waals surface area contributed by atoms with Gasteiger partial charge in [0.1, 0.15) is 5.75 Å². The van der Waals surface area contributed by atoms with Gasteiger partial charge in [-0.1, -0.05) is 29.8 Å². The Hall–Kier alpha value is -2.20. The van der Waals surface area contributed by atoms with Crippen molar-refractivity contribution in [2.45, 2.75) is 6.42 Å². The number of nitrogens with one attached hydrogen (secondary N) is 1. The van der Waals surface area contributed by atoms with Crippen molar-refractivity contribution in [1.29, 1.82) is 0 Å². The third kappa shape index (κ3) is 3.42. The fourth-order valence-corrected chi connectivity index (χ4v) is 2.04. The molecule has 2 rings (SSSR count). The maximum absolute atomic E-state index is 12.0. The van der Waals surface area contributed by atoms with Crippen molar-refractivity contribution in [2.24, 2.45) is 0 Å². The second-order valence-corrected chi connectivity index (χ2v) is 4.70. The van der Waals surface area contributed by atoms with Crippen LogP contribution in [0.25, 0.3) is 0 Å². The molecule has 0 atom stereocenters. The van der Waals surface area contributed by atoms with Crippen LogP contribution >= 0.6 is 11.6 Å². The molecule has 0 unspecified atom stereocenters. The van der Waals surface area contributed by atoms with Gasteiger partial charge in [-0.25, -0.2) is 0 Å². The SMILES string of the molecule is COc1ccccc1CC(=O)Nc1ccc(Cl)cc1N. The van der Waals surface area contributed by atoms with E-state index in [4.69, 9.17) is 22.1 Å². The van der Waals surface area contributed by atoms with Crippen LogP contribution in [-0.4, -0.2) is 13.0 Å². The van der Waals surface area contributed by atoms with Crippen molar-refractivity contribution in [1.82, 2.24) is 0 Å². The Labute approximate surface area is 122 Å². The van der Waals surface area contributed by atoms with E-state index < -0.39 is 0 Å². The standard InChI is InChI=1S/C15H15ClN2O2/c1-20-14-5-3-2-4-10(14)8-15(19)18-13-7-6-11(16)9-12(13)17/h2-7,9H,8,17H2,1H3,(H,18,19). The maximum atomic E-state index is 12.0. The molecule has 5 heteroatoms. The van der Waals surface area contributed by atoms with E-state index in [1.165, 1.54) is 0 Å². The van der Waals surface area contributed by atoms with Gasteiger partial charge in [0, 0.05) is 10.6 Å². The highest BCUT2D eigenvalue weighted by Gasteiger charge is 2.10. The summed E-state index contributed by atoms with van der Waals surface area (Å²) in [6, 6.07) is 12.3. The van der Waals surface area contributed by atoms with E-state index in [1.807, 2.05) is 24.3 Å². The summed E-state index contributed by atoms with van der Waals surface area (Å²) in [4.78, 5) is 12.0. The number of methoxy groups -OCH3 is 1. The second kappa shape index (κ2) is 6.30. The molecule has 0 radical (unpaired) electrons. The van der Waals surface area contributed by atoms with Crippen LogP contribution in [0.15, 0.2) is 42.5 Å². The Balaban J connectivity index is 2.09. The molecule has 20 heavy (non-hydrogen) atoms. The number of carbonyl (C=O) groups is 1. The highest BCUT2D eigenvalue weighted by atomic mass is 35.5. The van der Waals surface area contributed by atoms with E-state index in [1.54, 1.807) is 25.3 Å². The monoisotopic (exact) mass is 290 g/mol. The molecule has 0 aromatic heterocycles. The Morgan fingerprint density at radius 3 is 2.75 bits per heavy atom. The summed E-state index contributed by atoms with van der Waals surface area (Å²) in [5.41, 5.74) is 7.60. The highest BCUT2D eigenvalue weighted by molar-refractivity contribution is 6.31. The largest absolute Gasteiger partial charge is 0.496 e. The molecule has 3 N–H and O–H groups in total. The van der Waals surface area contributed by atoms with Gasteiger partial charge in [0.2, 0.25) is 5.91 Å². The van der Waals surface area contributed by atoms with Crippen molar-refractivity contribution < 1.29 is 9.53 Å². The summed E-state index contributed by atoms with van der Waals surface area (Å²) >= 11 is 5.81. The molecule has 0 spiro atoms. The van der Waals surface area contributed by atoms with Crippen LogP contribution < -0.4 is 15.8 Å². The Kier molecular flexibility index (Phi) is 4.48. The fraction of sp³-hybridized carbons (Fsp3) is 0.133. The second-order valence-electron chi connectivity index (χ2n) is 4.27. The van der Waals surface area contributed by atoms with Crippen LogP contribution in [0.1, 0.15) is 5.56 Å².